The minimum atomic E-state index is -0.282. The molecular weight excluding hydrogens is 846 g/mol. The Morgan fingerprint density at radius 2 is 0.672 bits per heavy atom. The van der Waals surface area contributed by atoms with Gasteiger partial charge < -0.3 is 9.80 Å². The highest BCUT2D eigenvalue weighted by Gasteiger charge is 2.61. The predicted molar refractivity (Wildman–Crippen MR) is 285 cm³/mol. The zero-order valence-corrected chi connectivity index (χ0v) is 38.4. The molecule has 8 aromatic carbocycles. The maximum absolute atomic E-state index is 2.57. The van der Waals surface area contributed by atoms with Gasteiger partial charge in [-0.15, -0.1) is 0 Å². The third-order valence-corrected chi connectivity index (χ3v) is 17.8. The van der Waals surface area contributed by atoms with Crippen molar-refractivity contribution in [3.63, 3.8) is 0 Å². The van der Waals surface area contributed by atoms with Crippen molar-refractivity contribution in [2.45, 2.75) is 36.6 Å². The Hall–Kier alpha value is -6.85. The Bertz CT molecular complexity index is 3070. The average Bonchev–Trinajstić information content (AvgIpc) is 3.40. The molecule has 2 nitrogen and oxygen atoms in total. The first-order chi connectivity index (χ1) is 33.3. The number of rotatable bonds is 4. The molecule has 0 fully saturated rings. The quantitative estimate of drug-likeness (QED) is 0.162. The highest BCUT2D eigenvalue weighted by atomic mass is 32.2. The second-order valence-electron chi connectivity index (χ2n) is 18.7. The van der Waals surface area contributed by atoms with Crippen molar-refractivity contribution in [1.29, 1.82) is 0 Å². The van der Waals surface area contributed by atoms with Crippen LogP contribution in [0.3, 0.4) is 0 Å². The lowest BCUT2D eigenvalue weighted by atomic mass is 9.19. The Morgan fingerprint density at radius 1 is 0.343 bits per heavy atom. The van der Waals surface area contributed by atoms with E-state index >= 15 is 0 Å². The van der Waals surface area contributed by atoms with Crippen LogP contribution in [0.15, 0.2) is 262 Å². The number of hydrogen-bond donors (Lipinski definition) is 0. The molecule has 0 saturated heterocycles. The molecule has 14 rings (SSSR count). The Kier molecular flexibility index (Phi) is 9.17. The van der Waals surface area contributed by atoms with Crippen LogP contribution in [-0.2, 0) is 5.41 Å². The molecule has 8 aromatic rings. The Balaban J connectivity index is 0.889. The zero-order valence-electron chi connectivity index (χ0n) is 36.8. The maximum atomic E-state index is 2.57. The predicted octanol–water partition coefficient (Wildman–Crippen LogP) is 13.3. The van der Waals surface area contributed by atoms with Gasteiger partial charge in [-0.05, 0) is 107 Å². The van der Waals surface area contributed by atoms with Crippen LogP contribution < -0.4 is 31.7 Å². The van der Waals surface area contributed by atoms with E-state index in [4.69, 9.17) is 0 Å². The molecule has 0 radical (unpaired) electrons. The molecule has 0 saturated carbocycles. The van der Waals surface area contributed by atoms with Crippen LogP contribution in [0.1, 0.15) is 11.1 Å². The van der Waals surface area contributed by atoms with Crippen molar-refractivity contribution >= 4 is 92.9 Å². The van der Waals surface area contributed by atoms with E-state index in [0.29, 0.717) is 0 Å². The lowest BCUT2D eigenvalue weighted by Crippen LogP contribution is -2.67. The van der Waals surface area contributed by atoms with Crippen LogP contribution in [0.25, 0.3) is 0 Å². The topological polar surface area (TPSA) is 6.48 Å². The van der Waals surface area contributed by atoms with Gasteiger partial charge in [0.2, 0.25) is 13.4 Å². The SMILES string of the molecule is C1=CC2B(c3ccc(N4c5ccccc5Sc5ccccc54)cc3)c3ccccc3C3(c4ccccc4B(c4ccc(N5c6ccccc6Sc6ccccc65)cc4)C4C=CC=CC43)C2C=C1. The lowest BCUT2D eigenvalue weighted by molar-refractivity contribution is 0.281. The largest absolute Gasteiger partial charge is 0.308 e. The first-order valence-electron chi connectivity index (χ1n) is 23.7. The van der Waals surface area contributed by atoms with Gasteiger partial charge in [0.15, 0.2) is 0 Å². The van der Waals surface area contributed by atoms with Crippen molar-refractivity contribution in [2.24, 2.45) is 11.8 Å². The van der Waals surface area contributed by atoms with Crippen molar-refractivity contribution < 1.29 is 0 Å². The van der Waals surface area contributed by atoms with Gasteiger partial charge in [0, 0.05) is 36.4 Å². The van der Waals surface area contributed by atoms with Gasteiger partial charge in [-0.3, -0.25) is 0 Å². The van der Waals surface area contributed by atoms with Crippen molar-refractivity contribution in [2.75, 3.05) is 9.80 Å². The smallest absolute Gasteiger partial charge is 0.217 e. The van der Waals surface area contributed by atoms with E-state index in [0.717, 1.165) is 0 Å². The summed E-state index contributed by atoms with van der Waals surface area (Å²) in [6, 6.07) is 73.4. The maximum Gasteiger partial charge on any atom is 0.217 e. The molecule has 4 atom stereocenters. The number of hydrogen-bond acceptors (Lipinski definition) is 4. The van der Waals surface area contributed by atoms with Gasteiger partial charge >= 0.3 is 0 Å². The van der Waals surface area contributed by atoms with Crippen LogP contribution in [0, 0.1) is 11.8 Å². The number of allylic oxidation sites excluding steroid dienone is 8. The van der Waals surface area contributed by atoms with E-state index in [-0.39, 0.29) is 42.3 Å². The highest BCUT2D eigenvalue weighted by Crippen LogP contribution is 2.61. The Labute approximate surface area is 402 Å². The molecule has 6 aliphatic rings. The summed E-state index contributed by atoms with van der Waals surface area (Å²) in [6.45, 7) is 0.391. The molecule has 0 amide bonds. The molecule has 0 aromatic heterocycles. The van der Waals surface area contributed by atoms with Gasteiger partial charge in [0.25, 0.3) is 0 Å². The van der Waals surface area contributed by atoms with Crippen molar-refractivity contribution in [3.8, 4) is 0 Å². The van der Waals surface area contributed by atoms with Crippen molar-refractivity contribution in [1.82, 2.24) is 0 Å². The van der Waals surface area contributed by atoms with Gasteiger partial charge in [-0.25, -0.2) is 0 Å². The third-order valence-electron chi connectivity index (χ3n) is 15.5. The van der Waals surface area contributed by atoms with E-state index in [1.54, 1.807) is 0 Å². The van der Waals surface area contributed by atoms with E-state index in [1.807, 2.05) is 23.5 Å². The second-order valence-corrected chi connectivity index (χ2v) is 20.8. The van der Waals surface area contributed by atoms with Gasteiger partial charge in [-0.2, -0.15) is 0 Å². The van der Waals surface area contributed by atoms with E-state index in [9.17, 15) is 0 Å². The summed E-state index contributed by atoms with van der Waals surface area (Å²) >= 11 is 3.72. The van der Waals surface area contributed by atoms with Gasteiger partial charge in [-0.1, -0.05) is 215 Å². The van der Waals surface area contributed by atoms with E-state index in [2.05, 4.69) is 253 Å². The fourth-order valence-electron chi connectivity index (χ4n) is 13.0. The van der Waals surface area contributed by atoms with Crippen LogP contribution >= 0.6 is 23.5 Å². The molecule has 316 valence electrons. The molecular formula is C61H44B2N2S2. The molecule has 6 heteroatoms. The van der Waals surface area contributed by atoms with Crippen LogP contribution in [0.4, 0.5) is 34.1 Å². The molecule has 4 unspecified atom stereocenters. The number of benzene rings is 8. The summed E-state index contributed by atoms with van der Waals surface area (Å²) in [4.78, 5) is 10.0. The van der Waals surface area contributed by atoms with Crippen molar-refractivity contribution in [3.05, 3.63) is 254 Å². The first-order valence-corrected chi connectivity index (χ1v) is 25.3. The van der Waals surface area contributed by atoms with Gasteiger partial charge in [0.1, 0.15) is 0 Å². The summed E-state index contributed by atoms with van der Waals surface area (Å²) in [5, 5.41) is 0. The van der Waals surface area contributed by atoms with E-state index < -0.39 is 0 Å². The Morgan fingerprint density at radius 3 is 1.06 bits per heavy atom. The number of anilines is 6. The molecule has 0 N–H and O–H groups in total. The molecule has 2 aliphatic carbocycles. The number of nitrogens with zero attached hydrogens (tertiary/aromatic N) is 2. The van der Waals surface area contributed by atoms with Crippen LogP contribution in [0.5, 0.6) is 0 Å². The third kappa shape index (κ3) is 5.89. The van der Waals surface area contributed by atoms with Crippen LogP contribution in [-0.4, -0.2) is 13.4 Å². The summed E-state index contributed by atoms with van der Waals surface area (Å²) in [6.07, 6.45) is 19.5. The van der Waals surface area contributed by atoms with Crippen LogP contribution in [0.2, 0.25) is 11.6 Å². The molecule has 1 spiro atoms. The minimum absolute atomic E-state index is 0.195. The molecule has 4 heterocycles. The average molecular weight is 891 g/mol. The summed E-state index contributed by atoms with van der Waals surface area (Å²) in [7, 11) is 0. The monoisotopic (exact) mass is 890 g/mol. The summed E-state index contributed by atoms with van der Waals surface area (Å²) in [5.41, 5.74) is 15.6. The summed E-state index contributed by atoms with van der Waals surface area (Å²) in [5.74, 6) is 0.993. The highest BCUT2D eigenvalue weighted by molar-refractivity contribution is 8.00. The molecule has 67 heavy (non-hydrogen) atoms. The minimum Gasteiger partial charge on any atom is -0.308 e. The number of fused-ring (bicyclic) bond motifs is 12. The first kappa shape index (κ1) is 39.3. The number of para-hydroxylation sites is 4. The zero-order chi connectivity index (χ0) is 44.1. The fourth-order valence-corrected chi connectivity index (χ4v) is 15.1. The second kappa shape index (κ2) is 15.6. The van der Waals surface area contributed by atoms with Gasteiger partial charge in [0.05, 0.1) is 22.7 Å². The lowest BCUT2D eigenvalue weighted by Gasteiger charge is -2.59. The molecule has 0 bridgehead atoms. The molecule has 4 aliphatic heterocycles. The summed E-state index contributed by atoms with van der Waals surface area (Å²) < 4.78 is 0. The standard InChI is InChI=1S/C61H44B2N2S2/c1-5-21-49-45(17-1)61(46-18-2-6-22-50(46)62(49)41-33-37-43(38-34-41)64-53-25-9-13-29-57(53)66-58-30-14-10-26-54(58)64)47-19-3-7-23-51(47)63(52-24-8-4-20-48(52)61)42-35-39-44(40-36-42)65-55-27-11-15-31-59(55)67-60-32-16-12-28-56(60)65/h1-40,45,47,49,51H. The van der Waals surface area contributed by atoms with E-state index in [1.165, 1.54) is 86.7 Å². The normalized spacial score (nSPS) is 22.2. The fraction of sp³-hybridized carbons (Fsp3) is 0.0820.